The fraction of sp³-hybridized carbons (Fsp3) is 0.0800. The maximum atomic E-state index is 13.3. The van der Waals surface area contributed by atoms with Crippen molar-refractivity contribution in [1.29, 1.82) is 0 Å². The molecule has 1 heterocycles. The van der Waals surface area contributed by atoms with Crippen molar-refractivity contribution in [3.8, 4) is 17.2 Å². The standard InChI is InChI=1S/C25H20F2N4O3/c1-2-28-24(32)16-3-9-19(10-4-16)30-23-22(34-21-13-7-18(27)8-14-21)15-29-31(25(23)33)20-11-5-17(26)6-12-20/h3-15,30H,2H2,1H3,(H,28,32). The molecule has 34 heavy (non-hydrogen) atoms. The Balaban J connectivity index is 1.72. The molecule has 1 aromatic heterocycles. The number of halogens is 2. The van der Waals surface area contributed by atoms with Gasteiger partial charge in [0.1, 0.15) is 17.4 Å². The van der Waals surface area contributed by atoms with Crippen LogP contribution in [-0.4, -0.2) is 22.2 Å². The van der Waals surface area contributed by atoms with Crippen LogP contribution in [0.15, 0.2) is 83.8 Å². The third-order valence-corrected chi connectivity index (χ3v) is 4.81. The number of benzene rings is 3. The quantitative estimate of drug-likeness (QED) is 0.412. The largest absolute Gasteiger partial charge is 0.453 e. The van der Waals surface area contributed by atoms with E-state index in [9.17, 15) is 18.4 Å². The second kappa shape index (κ2) is 9.95. The Hall–Kier alpha value is -4.53. The van der Waals surface area contributed by atoms with Crippen LogP contribution in [0.3, 0.4) is 0 Å². The zero-order valence-corrected chi connectivity index (χ0v) is 18.1. The molecule has 0 saturated carbocycles. The van der Waals surface area contributed by atoms with E-state index in [0.717, 1.165) is 4.68 Å². The molecular formula is C25H20F2N4O3. The molecule has 0 unspecified atom stereocenters. The van der Waals surface area contributed by atoms with Gasteiger partial charge in [-0.05, 0) is 79.7 Å². The second-order valence-electron chi connectivity index (χ2n) is 7.19. The lowest BCUT2D eigenvalue weighted by Gasteiger charge is -2.15. The van der Waals surface area contributed by atoms with Crippen molar-refractivity contribution in [2.75, 3.05) is 11.9 Å². The van der Waals surface area contributed by atoms with Crippen molar-refractivity contribution in [2.45, 2.75) is 6.92 Å². The lowest BCUT2D eigenvalue weighted by Crippen LogP contribution is -2.24. The van der Waals surface area contributed by atoms with E-state index in [-0.39, 0.29) is 17.3 Å². The fourth-order valence-electron chi connectivity index (χ4n) is 3.14. The molecule has 7 nitrogen and oxygen atoms in total. The molecule has 0 aliphatic rings. The topological polar surface area (TPSA) is 85.2 Å². The van der Waals surface area contributed by atoms with E-state index in [2.05, 4.69) is 15.7 Å². The highest BCUT2D eigenvalue weighted by Crippen LogP contribution is 2.29. The van der Waals surface area contributed by atoms with Crippen molar-refractivity contribution in [1.82, 2.24) is 15.1 Å². The van der Waals surface area contributed by atoms with Gasteiger partial charge in [0.25, 0.3) is 11.5 Å². The Labute approximate surface area is 193 Å². The Morgan fingerprint density at radius 3 is 2.18 bits per heavy atom. The minimum Gasteiger partial charge on any atom is -0.453 e. The van der Waals surface area contributed by atoms with Gasteiger partial charge in [0.2, 0.25) is 0 Å². The van der Waals surface area contributed by atoms with Gasteiger partial charge in [-0.3, -0.25) is 9.59 Å². The number of aromatic nitrogens is 2. The number of rotatable bonds is 7. The molecule has 172 valence electrons. The molecule has 1 amide bonds. The van der Waals surface area contributed by atoms with E-state index in [1.54, 1.807) is 24.3 Å². The predicted molar refractivity (Wildman–Crippen MR) is 124 cm³/mol. The van der Waals surface area contributed by atoms with Gasteiger partial charge in [-0.15, -0.1) is 0 Å². The van der Waals surface area contributed by atoms with Crippen molar-refractivity contribution < 1.29 is 18.3 Å². The van der Waals surface area contributed by atoms with Crippen LogP contribution in [0.5, 0.6) is 11.5 Å². The number of ether oxygens (including phenoxy) is 1. The number of carbonyl (C=O) groups excluding carboxylic acids is 1. The minimum atomic E-state index is -0.556. The average Bonchev–Trinajstić information content (AvgIpc) is 2.84. The monoisotopic (exact) mass is 462 g/mol. The smallest absolute Gasteiger partial charge is 0.299 e. The zero-order chi connectivity index (χ0) is 24.1. The Morgan fingerprint density at radius 1 is 0.941 bits per heavy atom. The normalized spacial score (nSPS) is 10.6. The van der Waals surface area contributed by atoms with Gasteiger partial charge in [-0.25, -0.2) is 8.78 Å². The van der Waals surface area contributed by atoms with E-state index in [1.165, 1.54) is 54.7 Å². The molecule has 2 N–H and O–H groups in total. The summed E-state index contributed by atoms with van der Waals surface area (Å²) in [7, 11) is 0. The van der Waals surface area contributed by atoms with Crippen LogP contribution >= 0.6 is 0 Å². The van der Waals surface area contributed by atoms with Crippen molar-refractivity contribution in [2.24, 2.45) is 0 Å². The first-order valence-corrected chi connectivity index (χ1v) is 10.4. The molecule has 0 aliphatic carbocycles. The number of hydrogen-bond acceptors (Lipinski definition) is 5. The summed E-state index contributed by atoms with van der Waals surface area (Å²) in [5.74, 6) is -0.683. The first-order valence-electron chi connectivity index (χ1n) is 10.4. The van der Waals surface area contributed by atoms with Crippen molar-refractivity contribution in [3.05, 3.63) is 107 Å². The number of amides is 1. The van der Waals surface area contributed by atoms with Crippen molar-refractivity contribution in [3.63, 3.8) is 0 Å². The predicted octanol–water partition coefficient (Wildman–Crippen LogP) is 4.80. The Bertz CT molecular complexity index is 1350. The molecule has 0 atom stereocenters. The molecule has 0 bridgehead atoms. The minimum absolute atomic E-state index is 0.0504. The molecular weight excluding hydrogens is 442 g/mol. The van der Waals surface area contributed by atoms with Gasteiger partial charge in [0.05, 0.1) is 11.9 Å². The summed E-state index contributed by atoms with van der Waals surface area (Å²) in [6, 6.07) is 17.1. The van der Waals surface area contributed by atoms with Crippen LogP contribution in [0.4, 0.5) is 20.2 Å². The van der Waals surface area contributed by atoms with Crippen LogP contribution in [0.2, 0.25) is 0 Å². The summed E-state index contributed by atoms with van der Waals surface area (Å²) >= 11 is 0. The number of anilines is 2. The zero-order valence-electron chi connectivity index (χ0n) is 18.1. The highest BCUT2D eigenvalue weighted by molar-refractivity contribution is 5.94. The molecule has 0 aliphatic heterocycles. The molecule has 4 rings (SSSR count). The van der Waals surface area contributed by atoms with Gasteiger partial charge in [0.15, 0.2) is 11.4 Å². The SMILES string of the molecule is CCNC(=O)c1ccc(Nc2c(Oc3ccc(F)cc3)cnn(-c3ccc(F)cc3)c2=O)cc1. The van der Waals surface area contributed by atoms with Gasteiger partial charge in [-0.1, -0.05) is 0 Å². The van der Waals surface area contributed by atoms with E-state index in [4.69, 9.17) is 4.74 Å². The summed E-state index contributed by atoms with van der Waals surface area (Å²) in [6.07, 6.45) is 1.33. The Morgan fingerprint density at radius 2 is 1.56 bits per heavy atom. The molecule has 0 fully saturated rings. The molecule has 0 spiro atoms. The second-order valence-corrected chi connectivity index (χ2v) is 7.19. The lowest BCUT2D eigenvalue weighted by molar-refractivity contribution is 0.0956. The molecule has 4 aromatic rings. The molecule has 0 radical (unpaired) electrons. The summed E-state index contributed by atoms with van der Waals surface area (Å²) < 4.78 is 33.5. The number of carbonyl (C=O) groups is 1. The maximum absolute atomic E-state index is 13.3. The van der Waals surface area contributed by atoms with Crippen LogP contribution in [-0.2, 0) is 0 Å². The van der Waals surface area contributed by atoms with Gasteiger partial charge in [0, 0.05) is 17.8 Å². The molecule has 0 saturated heterocycles. The maximum Gasteiger partial charge on any atom is 0.299 e. The van der Waals surface area contributed by atoms with E-state index < -0.39 is 17.2 Å². The number of nitrogens with zero attached hydrogens (tertiary/aromatic N) is 2. The number of hydrogen-bond donors (Lipinski definition) is 2. The fourth-order valence-corrected chi connectivity index (χ4v) is 3.14. The highest BCUT2D eigenvalue weighted by Gasteiger charge is 2.16. The van der Waals surface area contributed by atoms with Crippen molar-refractivity contribution >= 4 is 17.3 Å². The highest BCUT2D eigenvalue weighted by atomic mass is 19.1. The van der Waals surface area contributed by atoms with Crippen LogP contribution in [0.1, 0.15) is 17.3 Å². The van der Waals surface area contributed by atoms with E-state index in [0.29, 0.717) is 29.2 Å². The lowest BCUT2D eigenvalue weighted by atomic mass is 10.2. The first-order chi connectivity index (χ1) is 16.4. The summed E-state index contributed by atoms with van der Waals surface area (Å²) in [4.78, 5) is 25.3. The average molecular weight is 462 g/mol. The van der Waals surface area contributed by atoms with E-state index >= 15 is 0 Å². The Kier molecular flexibility index (Phi) is 6.63. The number of nitrogens with one attached hydrogen (secondary N) is 2. The van der Waals surface area contributed by atoms with Gasteiger partial charge < -0.3 is 15.4 Å². The van der Waals surface area contributed by atoms with Gasteiger partial charge >= 0.3 is 0 Å². The molecule has 3 aromatic carbocycles. The van der Waals surface area contributed by atoms with Crippen LogP contribution in [0.25, 0.3) is 5.69 Å². The van der Waals surface area contributed by atoms with Crippen LogP contribution < -0.4 is 20.9 Å². The van der Waals surface area contributed by atoms with Crippen LogP contribution in [0, 0.1) is 11.6 Å². The summed E-state index contributed by atoms with van der Waals surface area (Å²) in [6.45, 7) is 2.33. The van der Waals surface area contributed by atoms with E-state index in [1.807, 2.05) is 6.92 Å². The molecule has 9 heteroatoms. The third-order valence-electron chi connectivity index (χ3n) is 4.81. The third kappa shape index (κ3) is 5.09. The van der Waals surface area contributed by atoms with Gasteiger partial charge in [-0.2, -0.15) is 9.78 Å². The summed E-state index contributed by atoms with van der Waals surface area (Å²) in [5, 5.41) is 9.87. The first kappa shape index (κ1) is 22.7. The summed E-state index contributed by atoms with van der Waals surface area (Å²) in [5.41, 5.74) is 0.836.